The van der Waals surface area contributed by atoms with Gasteiger partial charge in [-0.05, 0) is 38.7 Å². The first-order chi connectivity index (χ1) is 10.1. The largest absolute Gasteiger partial charge is 0.371 e. The summed E-state index contributed by atoms with van der Waals surface area (Å²) in [5, 5.41) is 3.54. The van der Waals surface area contributed by atoms with Crippen LogP contribution in [0.1, 0.15) is 32.3 Å². The van der Waals surface area contributed by atoms with Crippen LogP contribution in [-0.4, -0.2) is 48.8 Å². The molecule has 2 aliphatic rings. The predicted octanol–water partition coefficient (Wildman–Crippen LogP) is 2.46. The van der Waals surface area contributed by atoms with Crippen LogP contribution >= 0.6 is 0 Å². The van der Waals surface area contributed by atoms with Crippen LogP contribution in [0.5, 0.6) is 0 Å². The van der Waals surface area contributed by atoms with Gasteiger partial charge in [-0.25, -0.2) is 0 Å². The Balaban J connectivity index is 1.59. The smallest absolute Gasteiger partial charge is 0.0710 e. The van der Waals surface area contributed by atoms with Crippen molar-refractivity contribution in [2.75, 3.05) is 26.2 Å². The van der Waals surface area contributed by atoms with E-state index >= 15 is 0 Å². The van der Waals surface area contributed by atoms with Gasteiger partial charge in [-0.15, -0.1) is 0 Å². The highest BCUT2D eigenvalue weighted by atomic mass is 16.5. The second-order valence-electron chi connectivity index (χ2n) is 7.08. The van der Waals surface area contributed by atoms with Crippen molar-refractivity contribution in [1.29, 1.82) is 0 Å². The molecular formula is C18H28N2O. The van der Waals surface area contributed by atoms with Crippen molar-refractivity contribution < 1.29 is 4.74 Å². The van der Waals surface area contributed by atoms with E-state index in [-0.39, 0.29) is 5.60 Å². The summed E-state index contributed by atoms with van der Waals surface area (Å²) in [5.74, 6) is 0. The van der Waals surface area contributed by atoms with Gasteiger partial charge in [0.1, 0.15) is 0 Å². The van der Waals surface area contributed by atoms with Gasteiger partial charge in [0.25, 0.3) is 0 Å². The number of benzene rings is 1. The molecule has 0 saturated carbocycles. The summed E-state index contributed by atoms with van der Waals surface area (Å²) in [6.07, 6.45) is 3.93. The highest BCUT2D eigenvalue weighted by molar-refractivity contribution is 5.16. The van der Waals surface area contributed by atoms with E-state index < -0.39 is 0 Å². The predicted molar refractivity (Wildman–Crippen MR) is 86.6 cm³/mol. The molecular weight excluding hydrogens is 260 g/mol. The zero-order valence-electron chi connectivity index (χ0n) is 13.3. The molecule has 0 spiro atoms. The topological polar surface area (TPSA) is 24.5 Å². The maximum Gasteiger partial charge on any atom is 0.0710 e. The Labute approximate surface area is 128 Å². The molecule has 2 atom stereocenters. The van der Waals surface area contributed by atoms with E-state index in [9.17, 15) is 0 Å². The first-order valence-electron chi connectivity index (χ1n) is 8.29. The molecule has 2 unspecified atom stereocenters. The molecule has 21 heavy (non-hydrogen) atoms. The van der Waals surface area contributed by atoms with E-state index in [2.05, 4.69) is 54.4 Å². The molecule has 0 bridgehead atoms. The fourth-order valence-electron chi connectivity index (χ4n) is 3.60. The van der Waals surface area contributed by atoms with E-state index in [1.807, 2.05) is 0 Å². The highest BCUT2D eigenvalue weighted by Crippen LogP contribution is 2.30. The van der Waals surface area contributed by atoms with Crippen LogP contribution in [0.3, 0.4) is 0 Å². The lowest BCUT2D eigenvalue weighted by Crippen LogP contribution is -2.54. The number of nitrogens with zero attached hydrogens (tertiary/aromatic N) is 1. The summed E-state index contributed by atoms with van der Waals surface area (Å²) in [6.45, 7) is 8.84. The van der Waals surface area contributed by atoms with Gasteiger partial charge in [0.15, 0.2) is 0 Å². The minimum atomic E-state index is 0.0770. The quantitative estimate of drug-likeness (QED) is 0.921. The van der Waals surface area contributed by atoms with Gasteiger partial charge in [0.05, 0.1) is 11.7 Å². The molecule has 2 saturated heterocycles. The highest BCUT2D eigenvalue weighted by Gasteiger charge is 2.34. The molecule has 0 aromatic heterocycles. The Hall–Kier alpha value is -0.900. The van der Waals surface area contributed by atoms with E-state index in [1.54, 1.807) is 0 Å². The second-order valence-corrected chi connectivity index (χ2v) is 7.08. The molecule has 2 fully saturated rings. The van der Waals surface area contributed by atoms with E-state index in [1.165, 1.54) is 18.4 Å². The Morgan fingerprint density at radius 2 is 2.10 bits per heavy atom. The first-order valence-corrected chi connectivity index (χ1v) is 8.29. The molecule has 0 amide bonds. The Bertz CT molecular complexity index is 446. The minimum Gasteiger partial charge on any atom is -0.371 e. The summed E-state index contributed by atoms with van der Waals surface area (Å²) in [4.78, 5) is 2.63. The third-order valence-electron chi connectivity index (χ3n) is 4.78. The van der Waals surface area contributed by atoms with Crippen LogP contribution < -0.4 is 5.32 Å². The molecule has 0 aliphatic carbocycles. The molecule has 116 valence electrons. The molecule has 1 aromatic rings. The first kappa shape index (κ1) is 15.0. The van der Waals surface area contributed by atoms with E-state index in [0.717, 1.165) is 32.6 Å². The number of ether oxygens (including phenoxy) is 1. The SMILES string of the molecule is CC1(C)CCC(CN2CCNCC2Cc2ccccc2)O1. The fraction of sp³-hybridized carbons (Fsp3) is 0.667. The van der Waals surface area contributed by atoms with Crippen molar-refractivity contribution in [3.05, 3.63) is 35.9 Å². The summed E-state index contributed by atoms with van der Waals surface area (Å²) in [6, 6.07) is 11.4. The normalized spacial score (nSPS) is 29.6. The maximum absolute atomic E-state index is 6.19. The van der Waals surface area contributed by atoms with E-state index in [0.29, 0.717) is 12.1 Å². The van der Waals surface area contributed by atoms with Gasteiger partial charge in [0, 0.05) is 32.2 Å². The second kappa shape index (κ2) is 6.47. The van der Waals surface area contributed by atoms with Crippen LogP contribution in [0.4, 0.5) is 0 Å². The molecule has 3 nitrogen and oxygen atoms in total. The summed E-state index contributed by atoms with van der Waals surface area (Å²) < 4.78 is 6.19. The molecule has 3 rings (SSSR count). The average Bonchev–Trinajstić information content (AvgIpc) is 2.81. The zero-order chi connectivity index (χ0) is 14.7. The Kier molecular flexibility index (Phi) is 4.63. The molecule has 3 heteroatoms. The van der Waals surface area contributed by atoms with Crippen LogP contribution in [0, 0.1) is 0 Å². The third kappa shape index (κ3) is 4.06. The van der Waals surface area contributed by atoms with Crippen LogP contribution in [0.2, 0.25) is 0 Å². The molecule has 0 radical (unpaired) electrons. The van der Waals surface area contributed by atoms with Gasteiger partial charge in [-0.3, -0.25) is 4.90 Å². The number of rotatable bonds is 4. The lowest BCUT2D eigenvalue weighted by Gasteiger charge is -2.38. The Morgan fingerprint density at radius 1 is 1.29 bits per heavy atom. The number of hydrogen-bond donors (Lipinski definition) is 1. The van der Waals surface area contributed by atoms with Crippen molar-refractivity contribution in [3.8, 4) is 0 Å². The molecule has 2 aliphatic heterocycles. The summed E-state index contributed by atoms with van der Waals surface area (Å²) in [7, 11) is 0. The standard InChI is InChI=1S/C18H28N2O/c1-18(2)9-8-17(21-18)14-20-11-10-19-13-16(20)12-15-6-4-3-5-7-15/h3-7,16-17,19H,8-14H2,1-2H3. The number of hydrogen-bond acceptors (Lipinski definition) is 3. The van der Waals surface area contributed by atoms with Gasteiger partial charge >= 0.3 is 0 Å². The van der Waals surface area contributed by atoms with Crippen molar-refractivity contribution in [2.24, 2.45) is 0 Å². The van der Waals surface area contributed by atoms with Gasteiger partial charge in [-0.2, -0.15) is 0 Å². The fourth-order valence-corrected chi connectivity index (χ4v) is 3.60. The molecule has 1 N–H and O–H groups in total. The summed E-state index contributed by atoms with van der Waals surface area (Å²) >= 11 is 0. The molecule has 1 aromatic carbocycles. The zero-order valence-corrected chi connectivity index (χ0v) is 13.3. The maximum atomic E-state index is 6.19. The van der Waals surface area contributed by atoms with Crippen molar-refractivity contribution in [3.63, 3.8) is 0 Å². The number of nitrogens with one attached hydrogen (secondary N) is 1. The minimum absolute atomic E-state index is 0.0770. The summed E-state index contributed by atoms with van der Waals surface area (Å²) in [5.41, 5.74) is 1.51. The lowest BCUT2D eigenvalue weighted by molar-refractivity contribution is -0.0358. The van der Waals surface area contributed by atoms with Crippen molar-refractivity contribution >= 4 is 0 Å². The lowest BCUT2D eigenvalue weighted by atomic mass is 10.0. The van der Waals surface area contributed by atoms with Crippen LogP contribution in [0.15, 0.2) is 30.3 Å². The van der Waals surface area contributed by atoms with Gasteiger partial charge < -0.3 is 10.1 Å². The van der Waals surface area contributed by atoms with E-state index in [4.69, 9.17) is 4.74 Å². The average molecular weight is 288 g/mol. The van der Waals surface area contributed by atoms with Crippen LogP contribution in [-0.2, 0) is 11.2 Å². The van der Waals surface area contributed by atoms with Gasteiger partial charge in [0.2, 0.25) is 0 Å². The van der Waals surface area contributed by atoms with Crippen molar-refractivity contribution in [2.45, 2.75) is 50.9 Å². The number of piperazine rings is 1. The third-order valence-corrected chi connectivity index (χ3v) is 4.78. The van der Waals surface area contributed by atoms with Gasteiger partial charge in [-0.1, -0.05) is 30.3 Å². The monoisotopic (exact) mass is 288 g/mol. The van der Waals surface area contributed by atoms with Crippen LogP contribution in [0.25, 0.3) is 0 Å². The van der Waals surface area contributed by atoms with Crippen molar-refractivity contribution in [1.82, 2.24) is 10.2 Å². The molecule has 2 heterocycles. The Morgan fingerprint density at radius 3 is 2.81 bits per heavy atom.